The zero-order valence-corrected chi connectivity index (χ0v) is 17.2. The van der Waals surface area contributed by atoms with Crippen LogP contribution in [-0.4, -0.2) is 28.8 Å². The summed E-state index contributed by atoms with van der Waals surface area (Å²) in [7, 11) is 1.63. The minimum atomic E-state index is -0.126. The molecule has 0 spiro atoms. The van der Waals surface area contributed by atoms with Crippen molar-refractivity contribution in [1.29, 1.82) is 0 Å². The molecule has 0 radical (unpaired) electrons. The molecular formula is C23H24ClN3O2. The van der Waals surface area contributed by atoms with E-state index in [-0.39, 0.29) is 11.9 Å². The van der Waals surface area contributed by atoms with Crippen molar-refractivity contribution in [2.24, 2.45) is 0 Å². The molecule has 0 atom stereocenters. The molecule has 5 nitrogen and oxygen atoms in total. The summed E-state index contributed by atoms with van der Waals surface area (Å²) < 4.78 is 6.96. The largest absolute Gasteiger partial charge is 0.497 e. The number of rotatable bonds is 5. The van der Waals surface area contributed by atoms with Crippen molar-refractivity contribution in [2.75, 3.05) is 7.11 Å². The highest BCUT2D eigenvalue weighted by molar-refractivity contribution is 6.32. The molecule has 1 fully saturated rings. The number of nitrogens with zero attached hydrogens (tertiary/aromatic N) is 2. The molecule has 2 aromatic carbocycles. The first-order valence-corrected chi connectivity index (χ1v) is 10.3. The van der Waals surface area contributed by atoms with E-state index in [9.17, 15) is 4.79 Å². The number of carbonyl (C=O) groups excluding carboxylic acids is 1. The normalized spacial score (nSPS) is 14.6. The van der Waals surface area contributed by atoms with E-state index in [1.54, 1.807) is 17.9 Å². The summed E-state index contributed by atoms with van der Waals surface area (Å²) >= 11 is 6.42. The van der Waals surface area contributed by atoms with Gasteiger partial charge in [-0.1, -0.05) is 55.1 Å². The van der Waals surface area contributed by atoms with Gasteiger partial charge >= 0.3 is 0 Å². The Balaban J connectivity index is 1.74. The molecule has 6 heteroatoms. The molecule has 1 aromatic heterocycles. The van der Waals surface area contributed by atoms with Crippen molar-refractivity contribution in [3.05, 3.63) is 65.3 Å². The molecule has 0 aliphatic heterocycles. The number of benzene rings is 2. The average molecular weight is 410 g/mol. The van der Waals surface area contributed by atoms with E-state index in [0.717, 1.165) is 37.0 Å². The summed E-state index contributed by atoms with van der Waals surface area (Å²) in [5.74, 6) is 0.612. The summed E-state index contributed by atoms with van der Waals surface area (Å²) in [5, 5.41) is 8.44. The van der Waals surface area contributed by atoms with E-state index < -0.39 is 0 Å². The van der Waals surface area contributed by atoms with Crippen molar-refractivity contribution in [1.82, 2.24) is 15.1 Å². The van der Waals surface area contributed by atoms with Crippen molar-refractivity contribution >= 4 is 17.5 Å². The second-order valence-electron chi connectivity index (χ2n) is 7.32. The number of para-hydroxylation sites is 1. The van der Waals surface area contributed by atoms with E-state index >= 15 is 0 Å². The fourth-order valence-electron chi connectivity index (χ4n) is 3.78. The van der Waals surface area contributed by atoms with Gasteiger partial charge in [0.15, 0.2) is 0 Å². The molecule has 1 heterocycles. The number of methoxy groups -OCH3 is 1. The first-order chi connectivity index (χ1) is 14.2. The molecule has 3 aromatic rings. The molecule has 0 bridgehead atoms. The first kappa shape index (κ1) is 19.5. The lowest BCUT2D eigenvalue weighted by molar-refractivity contribution is 0.0920. The summed E-state index contributed by atoms with van der Waals surface area (Å²) in [4.78, 5) is 13.1. The SMILES string of the molecule is COc1cccc(-c2cc(C(=O)NC3CCCCC3)n(-c3ccccc3Cl)n2)c1. The van der Waals surface area contributed by atoms with Gasteiger partial charge in [-0.05, 0) is 43.2 Å². The van der Waals surface area contributed by atoms with Crippen molar-refractivity contribution in [2.45, 2.75) is 38.1 Å². The average Bonchev–Trinajstić information content (AvgIpc) is 3.20. The van der Waals surface area contributed by atoms with E-state index in [0.29, 0.717) is 22.1 Å². The third-order valence-corrected chi connectivity index (χ3v) is 5.65. The Morgan fingerprint density at radius 1 is 1.10 bits per heavy atom. The highest BCUT2D eigenvalue weighted by Gasteiger charge is 2.22. The van der Waals surface area contributed by atoms with Crippen LogP contribution in [0, 0.1) is 0 Å². The Hall–Kier alpha value is -2.79. The molecule has 0 saturated heterocycles. The molecule has 29 heavy (non-hydrogen) atoms. The number of hydrogen-bond donors (Lipinski definition) is 1. The minimum Gasteiger partial charge on any atom is -0.497 e. The number of amides is 1. The Labute approximate surface area is 175 Å². The lowest BCUT2D eigenvalue weighted by atomic mass is 9.95. The topological polar surface area (TPSA) is 56.1 Å². The summed E-state index contributed by atoms with van der Waals surface area (Å²) in [6, 6.07) is 17.1. The van der Waals surface area contributed by atoms with Gasteiger partial charge in [-0.3, -0.25) is 4.79 Å². The Bertz CT molecular complexity index is 1010. The first-order valence-electron chi connectivity index (χ1n) is 9.96. The van der Waals surface area contributed by atoms with Gasteiger partial charge in [-0.2, -0.15) is 5.10 Å². The van der Waals surface area contributed by atoms with Crippen molar-refractivity contribution < 1.29 is 9.53 Å². The van der Waals surface area contributed by atoms with Gasteiger partial charge < -0.3 is 10.1 Å². The van der Waals surface area contributed by atoms with Crippen molar-refractivity contribution in [3.63, 3.8) is 0 Å². The number of aromatic nitrogens is 2. The molecule has 1 N–H and O–H groups in total. The number of carbonyl (C=O) groups is 1. The summed E-state index contributed by atoms with van der Waals surface area (Å²) in [5.41, 5.74) is 2.72. The smallest absolute Gasteiger partial charge is 0.270 e. The predicted molar refractivity (Wildman–Crippen MR) is 115 cm³/mol. The maximum atomic E-state index is 13.1. The number of nitrogens with one attached hydrogen (secondary N) is 1. The van der Waals surface area contributed by atoms with Crippen LogP contribution >= 0.6 is 11.6 Å². The van der Waals surface area contributed by atoms with Crippen LogP contribution < -0.4 is 10.1 Å². The fraction of sp³-hybridized carbons (Fsp3) is 0.304. The molecule has 1 aliphatic rings. The summed E-state index contributed by atoms with van der Waals surface area (Å²) in [6.07, 6.45) is 5.60. The molecular weight excluding hydrogens is 386 g/mol. The fourth-order valence-corrected chi connectivity index (χ4v) is 4.00. The lowest BCUT2D eigenvalue weighted by Gasteiger charge is -2.22. The van der Waals surface area contributed by atoms with Crippen LogP contribution in [0.3, 0.4) is 0 Å². The van der Waals surface area contributed by atoms with E-state index in [1.165, 1.54) is 6.42 Å². The van der Waals surface area contributed by atoms with Crippen LogP contribution in [-0.2, 0) is 0 Å². The third-order valence-electron chi connectivity index (χ3n) is 5.33. The Morgan fingerprint density at radius 2 is 1.90 bits per heavy atom. The van der Waals surface area contributed by atoms with E-state index in [1.807, 2.05) is 48.5 Å². The zero-order chi connectivity index (χ0) is 20.2. The molecule has 1 aliphatic carbocycles. The standard InChI is InChI=1S/C23H24ClN3O2/c1-29-18-11-7-8-16(14-18)20-15-22(23(28)25-17-9-3-2-4-10-17)27(26-20)21-13-6-5-12-19(21)24/h5-8,11-15,17H,2-4,9-10H2,1H3,(H,25,28). The summed E-state index contributed by atoms with van der Waals surface area (Å²) in [6.45, 7) is 0. The minimum absolute atomic E-state index is 0.126. The second kappa shape index (κ2) is 8.70. The molecule has 0 unspecified atom stereocenters. The number of ether oxygens (including phenoxy) is 1. The van der Waals surface area contributed by atoms with Crippen LogP contribution in [0.2, 0.25) is 5.02 Å². The molecule has 4 rings (SSSR count). The highest BCUT2D eigenvalue weighted by Crippen LogP contribution is 2.28. The molecule has 1 saturated carbocycles. The molecule has 150 valence electrons. The maximum Gasteiger partial charge on any atom is 0.270 e. The van der Waals surface area contributed by atoms with Gasteiger partial charge in [-0.25, -0.2) is 4.68 Å². The lowest BCUT2D eigenvalue weighted by Crippen LogP contribution is -2.37. The monoisotopic (exact) mass is 409 g/mol. The Kier molecular flexibility index (Phi) is 5.86. The maximum absolute atomic E-state index is 13.1. The van der Waals surface area contributed by atoms with Crippen LogP contribution in [0.15, 0.2) is 54.6 Å². The zero-order valence-electron chi connectivity index (χ0n) is 16.4. The number of halogens is 1. The van der Waals surface area contributed by atoms with Crippen LogP contribution in [0.1, 0.15) is 42.6 Å². The van der Waals surface area contributed by atoms with E-state index in [2.05, 4.69) is 5.32 Å². The highest BCUT2D eigenvalue weighted by atomic mass is 35.5. The van der Waals surface area contributed by atoms with E-state index in [4.69, 9.17) is 21.4 Å². The van der Waals surface area contributed by atoms with Crippen LogP contribution in [0.25, 0.3) is 16.9 Å². The quantitative estimate of drug-likeness (QED) is 0.625. The molecule has 1 amide bonds. The van der Waals surface area contributed by atoms with Gasteiger partial charge in [0.05, 0.1) is 23.5 Å². The van der Waals surface area contributed by atoms with Crippen molar-refractivity contribution in [3.8, 4) is 22.7 Å². The Morgan fingerprint density at radius 3 is 2.66 bits per heavy atom. The second-order valence-corrected chi connectivity index (χ2v) is 7.73. The van der Waals surface area contributed by atoms with Gasteiger partial charge in [0.2, 0.25) is 0 Å². The third kappa shape index (κ3) is 4.30. The van der Waals surface area contributed by atoms with Gasteiger partial charge in [0, 0.05) is 11.6 Å². The van der Waals surface area contributed by atoms with Gasteiger partial charge in [0.25, 0.3) is 5.91 Å². The predicted octanol–water partition coefficient (Wildman–Crippen LogP) is 5.26. The van der Waals surface area contributed by atoms with Gasteiger partial charge in [-0.15, -0.1) is 0 Å². The number of hydrogen-bond acceptors (Lipinski definition) is 3. The van der Waals surface area contributed by atoms with Crippen LogP contribution in [0.5, 0.6) is 5.75 Å². The van der Waals surface area contributed by atoms with Crippen LogP contribution in [0.4, 0.5) is 0 Å². The van der Waals surface area contributed by atoms with Gasteiger partial charge in [0.1, 0.15) is 11.4 Å².